The van der Waals surface area contributed by atoms with E-state index < -0.39 is 0 Å². The number of furan rings is 1. The minimum Gasteiger partial charge on any atom is -0.460 e. The van der Waals surface area contributed by atoms with Gasteiger partial charge in [-0.15, -0.1) is 11.3 Å². The van der Waals surface area contributed by atoms with Gasteiger partial charge in [-0.3, -0.25) is 14.5 Å². The molecule has 6 nitrogen and oxygen atoms in total. The lowest BCUT2D eigenvalue weighted by Crippen LogP contribution is -2.64. The van der Waals surface area contributed by atoms with Crippen LogP contribution in [-0.2, 0) is 16.0 Å². The second kappa shape index (κ2) is 7.01. The predicted octanol–water partition coefficient (Wildman–Crippen LogP) is 1.58. The fourth-order valence-electron chi connectivity index (χ4n) is 3.46. The number of hydrogen-bond donors (Lipinski definition) is 1. The number of piperazine rings is 2. The molecule has 0 radical (unpaired) electrons. The number of nitrogens with zero attached hydrogens (tertiary/aromatic N) is 2. The summed E-state index contributed by atoms with van der Waals surface area (Å²) in [6.07, 6.45) is 0.993. The van der Waals surface area contributed by atoms with Crippen LogP contribution in [0.1, 0.15) is 12.2 Å². The summed E-state index contributed by atoms with van der Waals surface area (Å²) in [5.74, 6) is 1.80. The van der Waals surface area contributed by atoms with Crippen LogP contribution in [0.15, 0.2) is 34.1 Å². The van der Waals surface area contributed by atoms with Crippen LogP contribution in [0.2, 0.25) is 0 Å². The van der Waals surface area contributed by atoms with Gasteiger partial charge in [0.05, 0.1) is 4.88 Å². The fraction of sp³-hybridized carbons (Fsp3) is 0.444. The predicted molar refractivity (Wildman–Crippen MR) is 95.3 cm³/mol. The molecule has 2 aliphatic rings. The normalized spacial score (nSPS) is 21.0. The molecule has 2 aromatic rings. The number of fused-ring (bicyclic) bond motifs is 1. The van der Waals surface area contributed by atoms with Crippen molar-refractivity contribution in [2.45, 2.75) is 18.9 Å². The van der Waals surface area contributed by atoms with Gasteiger partial charge >= 0.3 is 0 Å². The van der Waals surface area contributed by atoms with Crippen LogP contribution in [-0.4, -0.2) is 60.4 Å². The number of hydrogen-bond acceptors (Lipinski definition) is 5. The summed E-state index contributed by atoms with van der Waals surface area (Å²) in [5, 5.41) is 4.90. The number of amides is 2. The van der Waals surface area contributed by atoms with Crippen molar-refractivity contribution in [1.82, 2.24) is 15.1 Å². The lowest BCUT2D eigenvalue weighted by Gasteiger charge is -2.43. The molecule has 4 rings (SSSR count). The summed E-state index contributed by atoms with van der Waals surface area (Å²) in [4.78, 5) is 29.6. The quantitative estimate of drug-likeness (QED) is 0.900. The van der Waals surface area contributed by atoms with Crippen molar-refractivity contribution in [3.63, 3.8) is 0 Å². The van der Waals surface area contributed by atoms with Gasteiger partial charge in [0, 0.05) is 45.6 Å². The third kappa shape index (κ3) is 3.48. The summed E-state index contributed by atoms with van der Waals surface area (Å²) in [7, 11) is 0. The summed E-state index contributed by atoms with van der Waals surface area (Å²) in [5.41, 5.74) is 0. The zero-order chi connectivity index (χ0) is 17.2. The van der Waals surface area contributed by atoms with E-state index in [1.165, 1.54) is 0 Å². The Morgan fingerprint density at radius 3 is 3.04 bits per heavy atom. The van der Waals surface area contributed by atoms with Gasteiger partial charge in [-0.1, -0.05) is 6.07 Å². The molecule has 0 bridgehead atoms. The highest BCUT2D eigenvalue weighted by Crippen LogP contribution is 2.27. The van der Waals surface area contributed by atoms with Gasteiger partial charge in [-0.2, -0.15) is 0 Å². The molecular weight excluding hydrogens is 338 g/mol. The first-order valence-corrected chi connectivity index (χ1v) is 9.51. The number of aryl methyl sites for hydroxylation is 1. The first-order valence-electron chi connectivity index (χ1n) is 8.63. The molecule has 2 amide bonds. The molecule has 132 valence electrons. The van der Waals surface area contributed by atoms with Crippen molar-refractivity contribution < 1.29 is 14.0 Å². The van der Waals surface area contributed by atoms with Gasteiger partial charge in [-0.05, 0) is 23.6 Å². The molecule has 0 saturated carbocycles. The molecule has 1 atom stereocenters. The topological polar surface area (TPSA) is 65.8 Å². The number of rotatable bonds is 4. The van der Waals surface area contributed by atoms with Crippen LogP contribution in [0, 0.1) is 0 Å². The summed E-state index contributed by atoms with van der Waals surface area (Å²) >= 11 is 1.64. The van der Waals surface area contributed by atoms with Gasteiger partial charge < -0.3 is 14.6 Å². The lowest BCUT2D eigenvalue weighted by molar-refractivity contribution is -0.140. The van der Waals surface area contributed by atoms with E-state index in [4.69, 9.17) is 4.42 Å². The summed E-state index contributed by atoms with van der Waals surface area (Å²) < 4.78 is 5.84. The smallest absolute Gasteiger partial charge is 0.239 e. The molecule has 7 heteroatoms. The van der Waals surface area contributed by atoms with Crippen molar-refractivity contribution in [2.75, 3.05) is 32.7 Å². The molecule has 2 fully saturated rings. The maximum absolute atomic E-state index is 12.5. The van der Waals surface area contributed by atoms with Gasteiger partial charge in [-0.25, -0.2) is 0 Å². The molecule has 2 saturated heterocycles. The van der Waals surface area contributed by atoms with Crippen molar-refractivity contribution in [1.29, 1.82) is 0 Å². The summed E-state index contributed by atoms with van der Waals surface area (Å²) in [6, 6.07) is 7.71. The van der Waals surface area contributed by atoms with Crippen LogP contribution >= 0.6 is 11.3 Å². The van der Waals surface area contributed by atoms with E-state index in [0.717, 1.165) is 29.5 Å². The van der Waals surface area contributed by atoms with Gasteiger partial charge in [0.25, 0.3) is 0 Å². The van der Waals surface area contributed by atoms with E-state index in [-0.39, 0.29) is 17.9 Å². The number of nitrogens with one attached hydrogen (secondary N) is 1. The van der Waals surface area contributed by atoms with Crippen LogP contribution in [0.4, 0.5) is 0 Å². The first kappa shape index (κ1) is 16.4. The largest absolute Gasteiger partial charge is 0.460 e. The monoisotopic (exact) mass is 359 g/mol. The van der Waals surface area contributed by atoms with Crippen LogP contribution in [0.3, 0.4) is 0 Å². The van der Waals surface area contributed by atoms with Crippen molar-refractivity contribution in [2.24, 2.45) is 0 Å². The molecule has 1 N–H and O–H groups in total. The molecule has 0 aliphatic carbocycles. The van der Waals surface area contributed by atoms with Crippen molar-refractivity contribution in [3.8, 4) is 10.6 Å². The molecule has 0 unspecified atom stereocenters. The van der Waals surface area contributed by atoms with Crippen LogP contribution in [0.5, 0.6) is 0 Å². The van der Waals surface area contributed by atoms with Gasteiger partial charge in [0.15, 0.2) is 0 Å². The Bertz CT molecular complexity index is 755. The van der Waals surface area contributed by atoms with E-state index in [0.29, 0.717) is 32.5 Å². The van der Waals surface area contributed by atoms with Crippen molar-refractivity contribution >= 4 is 23.2 Å². The lowest BCUT2D eigenvalue weighted by atomic mass is 10.1. The minimum absolute atomic E-state index is 0.0374. The molecule has 0 aromatic carbocycles. The molecule has 2 aromatic heterocycles. The van der Waals surface area contributed by atoms with Crippen LogP contribution < -0.4 is 5.32 Å². The third-order valence-electron chi connectivity index (χ3n) is 4.86. The average molecular weight is 359 g/mol. The zero-order valence-corrected chi connectivity index (χ0v) is 14.8. The molecule has 2 aliphatic heterocycles. The fourth-order valence-corrected chi connectivity index (χ4v) is 4.14. The Kier molecular flexibility index (Phi) is 4.59. The van der Waals surface area contributed by atoms with Crippen LogP contribution in [0.25, 0.3) is 10.6 Å². The number of carbonyl (C=O) groups excluding carboxylic acids is 2. The van der Waals surface area contributed by atoms with Gasteiger partial charge in [0.1, 0.15) is 17.6 Å². The second-order valence-corrected chi connectivity index (χ2v) is 7.37. The summed E-state index contributed by atoms with van der Waals surface area (Å²) in [6.45, 7) is 3.53. The van der Waals surface area contributed by atoms with Gasteiger partial charge in [0.2, 0.25) is 11.8 Å². The van der Waals surface area contributed by atoms with E-state index in [2.05, 4.69) is 10.2 Å². The highest BCUT2D eigenvalue weighted by molar-refractivity contribution is 7.13. The highest BCUT2D eigenvalue weighted by atomic mass is 32.1. The minimum atomic E-state index is -0.194. The Labute approximate surface area is 150 Å². The van der Waals surface area contributed by atoms with E-state index in [1.54, 1.807) is 11.3 Å². The standard InChI is InChI=1S/C18H21N3O3S/c22-17(21-10-9-20-8-7-19-18(23)14(20)12-21)6-4-13-3-5-15(24-13)16-2-1-11-25-16/h1-3,5,11,14H,4,6-10,12H2,(H,19,23)/t14-/m1/s1. The Morgan fingerprint density at radius 1 is 1.28 bits per heavy atom. The van der Waals surface area contributed by atoms with E-state index in [1.807, 2.05) is 34.5 Å². The zero-order valence-electron chi connectivity index (χ0n) is 13.9. The first-order chi connectivity index (χ1) is 12.2. The Balaban J connectivity index is 1.32. The molecule has 0 spiro atoms. The maximum Gasteiger partial charge on any atom is 0.239 e. The molecular formula is C18H21N3O3S. The highest BCUT2D eigenvalue weighted by Gasteiger charge is 2.36. The number of thiophene rings is 1. The molecule has 4 heterocycles. The van der Waals surface area contributed by atoms with E-state index in [9.17, 15) is 9.59 Å². The SMILES string of the molecule is O=C1NCCN2CCN(C(=O)CCc3ccc(-c4cccs4)o3)C[C@H]12. The average Bonchev–Trinajstić information content (AvgIpc) is 3.31. The Hall–Kier alpha value is -2.12. The third-order valence-corrected chi connectivity index (χ3v) is 5.74. The number of carbonyl (C=O) groups is 2. The molecule has 25 heavy (non-hydrogen) atoms. The Morgan fingerprint density at radius 2 is 2.20 bits per heavy atom. The van der Waals surface area contributed by atoms with E-state index >= 15 is 0 Å². The maximum atomic E-state index is 12.5. The second-order valence-electron chi connectivity index (χ2n) is 6.43. The van der Waals surface area contributed by atoms with Crippen molar-refractivity contribution in [3.05, 3.63) is 35.4 Å².